The normalized spacial score (nSPS) is 11.7. The van der Waals surface area contributed by atoms with Crippen LogP contribution in [0.2, 0.25) is 0 Å². The molecule has 0 amide bonds. The molecule has 0 aliphatic heterocycles. The predicted octanol–water partition coefficient (Wildman–Crippen LogP) is 5.40. The Morgan fingerprint density at radius 2 is 1.52 bits per heavy atom. The van der Waals surface area contributed by atoms with Crippen molar-refractivity contribution in [2.24, 2.45) is 0 Å². The van der Waals surface area contributed by atoms with Gasteiger partial charge in [-0.1, -0.05) is 64.0 Å². The molecule has 0 unspecified atom stereocenters. The molecule has 23 heavy (non-hydrogen) atoms. The molecule has 0 saturated carbocycles. The van der Waals surface area contributed by atoms with Crippen LogP contribution in [0.3, 0.4) is 0 Å². The first kappa shape index (κ1) is 27.0. The number of aliphatic hydroxyl groups is 1. The van der Waals surface area contributed by atoms with Crippen LogP contribution < -0.4 is 12.3 Å². The molecule has 0 aromatic carbocycles. The summed E-state index contributed by atoms with van der Waals surface area (Å²) in [6.07, 6.45) is 17.4. The van der Waals surface area contributed by atoms with Gasteiger partial charge in [0.1, 0.15) is 0 Å². The summed E-state index contributed by atoms with van der Waals surface area (Å²) in [7, 11) is 0. The topological polar surface area (TPSA) is 128 Å². The van der Waals surface area contributed by atoms with E-state index in [0.29, 0.717) is 6.42 Å². The van der Waals surface area contributed by atoms with Gasteiger partial charge in [0.05, 0.1) is 6.10 Å². The van der Waals surface area contributed by atoms with Gasteiger partial charge >= 0.3 is 5.97 Å². The summed E-state index contributed by atoms with van der Waals surface area (Å²) in [5, 5.41) is 18.3. The van der Waals surface area contributed by atoms with Crippen LogP contribution in [0, 0.1) is 0 Å². The summed E-state index contributed by atoms with van der Waals surface area (Å²) in [6, 6.07) is 0. The predicted molar refractivity (Wildman–Crippen MR) is 98.5 cm³/mol. The van der Waals surface area contributed by atoms with Gasteiger partial charge in [0.15, 0.2) is 0 Å². The van der Waals surface area contributed by atoms with Gasteiger partial charge in [-0.3, -0.25) is 4.79 Å². The van der Waals surface area contributed by atoms with Gasteiger partial charge in [-0.2, -0.15) is 0 Å². The molecule has 8 N–H and O–H groups in total. The molecule has 0 saturated heterocycles. The summed E-state index contributed by atoms with van der Waals surface area (Å²) >= 11 is 0. The van der Waals surface area contributed by atoms with Crippen molar-refractivity contribution in [2.45, 2.75) is 96.5 Å². The number of hydrogen-bond acceptors (Lipinski definition) is 4. The van der Waals surface area contributed by atoms with Crippen molar-refractivity contribution in [1.29, 1.82) is 0 Å². The standard InChI is InChI=1S/C18H34O3.2H3N/c1-2-3-4-11-14-17(19)15-12-9-7-5-6-8-10-13-16-18(20)21;;/h9,12,17,19H,2-8,10-11,13-16H2,1H3,(H,20,21);2*1H3/b12-9-;;/t17-;;/m1../s1. The van der Waals surface area contributed by atoms with Crippen molar-refractivity contribution in [3.05, 3.63) is 12.2 Å². The maximum absolute atomic E-state index is 10.3. The van der Waals surface area contributed by atoms with Crippen LogP contribution in [0.4, 0.5) is 0 Å². The third-order valence-corrected chi connectivity index (χ3v) is 3.73. The lowest BCUT2D eigenvalue weighted by Gasteiger charge is -2.07. The number of carbonyl (C=O) groups is 1. The maximum atomic E-state index is 10.3. The van der Waals surface area contributed by atoms with Crippen LogP contribution in [0.5, 0.6) is 0 Å². The molecule has 1 atom stereocenters. The Hall–Kier alpha value is -0.910. The van der Waals surface area contributed by atoms with Crippen molar-refractivity contribution in [3.63, 3.8) is 0 Å². The highest BCUT2D eigenvalue weighted by molar-refractivity contribution is 5.66. The summed E-state index contributed by atoms with van der Waals surface area (Å²) in [5.74, 6) is -0.689. The van der Waals surface area contributed by atoms with E-state index in [-0.39, 0.29) is 18.4 Å². The molecule has 0 bridgehead atoms. The highest BCUT2D eigenvalue weighted by Gasteiger charge is 2.00. The number of rotatable bonds is 15. The van der Waals surface area contributed by atoms with Crippen molar-refractivity contribution in [1.82, 2.24) is 12.3 Å². The fraction of sp³-hybridized carbons (Fsp3) is 0.833. The molecule has 0 aliphatic carbocycles. The molecule has 5 nitrogen and oxygen atoms in total. The first-order valence-corrected chi connectivity index (χ1v) is 8.71. The third kappa shape index (κ3) is 23.5. The number of unbranched alkanes of at least 4 members (excludes halogenated alkanes) is 8. The van der Waals surface area contributed by atoms with Gasteiger partial charge in [0.2, 0.25) is 0 Å². The van der Waals surface area contributed by atoms with Crippen molar-refractivity contribution in [3.8, 4) is 0 Å². The minimum atomic E-state index is -0.689. The summed E-state index contributed by atoms with van der Waals surface area (Å²) < 4.78 is 0. The molecule has 0 radical (unpaired) electrons. The van der Waals surface area contributed by atoms with E-state index in [4.69, 9.17) is 5.11 Å². The zero-order valence-corrected chi connectivity index (χ0v) is 15.1. The van der Waals surface area contributed by atoms with Gasteiger partial charge in [-0.25, -0.2) is 0 Å². The van der Waals surface area contributed by atoms with E-state index in [0.717, 1.165) is 51.4 Å². The first-order valence-electron chi connectivity index (χ1n) is 8.71. The minimum Gasteiger partial charge on any atom is -0.481 e. The van der Waals surface area contributed by atoms with Gasteiger partial charge in [0, 0.05) is 6.42 Å². The quantitative estimate of drug-likeness (QED) is 0.236. The SMILES string of the molecule is CCCCCC[C@@H](O)C/C=C\CCCCCCCC(=O)O.N.N. The van der Waals surface area contributed by atoms with E-state index in [1.165, 1.54) is 25.7 Å². The summed E-state index contributed by atoms with van der Waals surface area (Å²) in [6.45, 7) is 2.20. The molecule has 0 rings (SSSR count). The van der Waals surface area contributed by atoms with E-state index in [2.05, 4.69) is 19.1 Å². The molecule has 5 heteroatoms. The van der Waals surface area contributed by atoms with Crippen LogP contribution in [0.1, 0.15) is 90.4 Å². The highest BCUT2D eigenvalue weighted by atomic mass is 16.4. The molecule has 140 valence electrons. The van der Waals surface area contributed by atoms with E-state index in [1.54, 1.807) is 0 Å². The van der Waals surface area contributed by atoms with Crippen LogP contribution >= 0.6 is 0 Å². The Kier molecular flexibility index (Phi) is 24.7. The second-order valence-corrected chi connectivity index (χ2v) is 5.91. The molecular weight excluding hydrogens is 292 g/mol. The number of allylic oxidation sites excluding steroid dienone is 1. The van der Waals surface area contributed by atoms with Crippen molar-refractivity contribution < 1.29 is 15.0 Å². The van der Waals surface area contributed by atoms with E-state index in [1.807, 2.05) is 0 Å². The Morgan fingerprint density at radius 3 is 2.17 bits per heavy atom. The largest absolute Gasteiger partial charge is 0.481 e. The summed E-state index contributed by atoms with van der Waals surface area (Å²) in [5.41, 5.74) is 0. The molecule has 0 spiro atoms. The minimum absolute atomic E-state index is 0. The number of carboxylic acid groups (broad SMARTS) is 1. The number of aliphatic hydroxyl groups excluding tert-OH is 1. The number of hydrogen-bond donors (Lipinski definition) is 4. The average molecular weight is 333 g/mol. The highest BCUT2D eigenvalue weighted by Crippen LogP contribution is 2.10. The third-order valence-electron chi connectivity index (χ3n) is 3.73. The lowest BCUT2D eigenvalue weighted by molar-refractivity contribution is -0.137. The van der Waals surface area contributed by atoms with E-state index >= 15 is 0 Å². The van der Waals surface area contributed by atoms with Crippen LogP contribution in [-0.2, 0) is 4.79 Å². The fourth-order valence-corrected chi connectivity index (χ4v) is 2.36. The van der Waals surface area contributed by atoms with Crippen LogP contribution in [0.15, 0.2) is 12.2 Å². The maximum Gasteiger partial charge on any atom is 0.303 e. The van der Waals surface area contributed by atoms with Crippen molar-refractivity contribution in [2.75, 3.05) is 0 Å². The first-order chi connectivity index (χ1) is 10.2. The van der Waals surface area contributed by atoms with Crippen LogP contribution in [0.25, 0.3) is 0 Å². The molecule has 0 aromatic heterocycles. The van der Waals surface area contributed by atoms with E-state index < -0.39 is 5.97 Å². The zero-order chi connectivity index (χ0) is 15.8. The van der Waals surface area contributed by atoms with Gasteiger partial charge in [0.25, 0.3) is 0 Å². The lowest BCUT2D eigenvalue weighted by atomic mass is 10.1. The monoisotopic (exact) mass is 332 g/mol. The Labute approximate surface area is 142 Å². The van der Waals surface area contributed by atoms with E-state index in [9.17, 15) is 9.90 Å². The lowest BCUT2D eigenvalue weighted by Crippen LogP contribution is -2.04. The zero-order valence-electron chi connectivity index (χ0n) is 15.1. The molecule has 0 aromatic rings. The van der Waals surface area contributed by atoms with Gasteiger partial charge in [-0.05, 0) is 32.1 Å². The summed E-state index contributed by atoms with van der Waals surface area (Å²) in [4.78, 5) is 10.3. The smallest absolute Gasteiger partial charge is 0.303 e. The van der Waals surface area contributed by atoms with Crippen LogP contribution in [-0.4, -0.2) is 22.3 Å². The molecule has 0 aliphatic rings. The second-order valence-electron chi connectivity index (χ2n) is 5.91. The van der Waals surface area contributed by atoms with Gasteiger partial charge in [-0.15, -0.1) is 0 Å². The second kappa shape index (κ2) is 21.1. The number of aliphatic carboxylic acids is 1. The molecular formula is C18H40N2O3. The molecule has 0 heterocycles. The van der Waals surface area contributed by atoms with Gasteiger partial charge < -0.3 is 22.5 Å². The Morgan fingerprint density at radius 1 is 0.913 bits per heavy atom. The fourth-order valence-electron chi connectivity index (χ4n) is 2.36. The Bertz CT molecular complexity index is 271. The van der Waals surface area contributed by atoms with Crippen molar-refractivity contribution >= 4 is 5.97 Å². The number of carboxylic acids is 1. The molecule has 0 fully saturated rings. The average Bonchev–Trinajstić information content (AvgIpc) is 2.45. The Balaban J connectivity index is -0.00000200.